The molecule has 1 N–H and O–H groups in total. The van der Waals surface area contributed by atoms with E-state index >= 15 is 0 Å². The summed E-state index contributed by atoms with van der Waals surface area (Å²) in [6.45, 7) is 4.11. The Kier molecular flexibility index (Phi) is 4.86. The number of halogens is 1. The molecule has 0 aliphatic carbocycles. The Balaban J connectivity index is 2.01. The number of fused-ring (bicyclic) bond motifs is 1. The quantitative estimate of drug-likeness (QED) is 0.692. The first-order valence-electron chi connectivity index (χ1n) is 7.84. The molecule has 0 spiro atoms. The highest BCUT2D eigenvalue weighted by atomic mass is 35.5. The van der Waals surface area contributed by atoms with Crippen molar-refractivity contribution in [3.8, 4) is 11.5 Å². The highest BCUT2D eigenvalue weighted by molar-refractivity contribution is 6.31. The van der Waals surface area contributed by atoms with Crippen molar-refractivity contribution in [2.24, 2.45) is 0 Å². The Bertz CT molecular complexity index is 933. The lowest BCUT2D eigenvalue weighted by Gasteiger charge is -2.12. The topological polar surface area (TPSA) is 60.7 Å². The molecule has 130 valence electrons. The lowest BCUT2D eigenvalue weighted by Crippen LogP contribution is -2.13. The van der Waals surface area contributed by atoms with Crippen LogP contribution in [0, 0.1) is 6.92 Å². The monoisotopic (exact) mass is 359 g/mol. The van der Waals surface area contributed by atoms with E-state index in [0.29, 0.717) is 51.1 Å². The number of amides is 1. The van der Waals surface area contributed by atoms with E-state index in [9.17, 15) is 4.79 Å². The number of benzene rings is 2. The van der Waals surface area contributed by atoms with E-state index in [1.54, 1.807) is 50.4 Å². The lowest BCUT2D eigenvalue weighted by atomic mass is 10.1. The van der Waals surface area contributed by atoms with Gasteiger partial charge in [0.15, 0.2) is 0 Å². The van der Waals surface area contributed by atoms with Gasteiger partial charge in [0, 0.05) is 10.4 Å². The molecule has 3 aromatic rings. The number of ether oxygens (including phenoxy) is 2. The molecule has 0 fully saturated rings. The number of nitrogens with one attached hydrogen (secondary N) is 1. The molecule has 3 rings (SSSR count). The Hall–Kier alpha value is -2.66. The maximum Gasteiger partial charge on any atom is 0.259 e. The second kappa shape index (κ2) is 7.07. The summed E-state index contributed by atoms with van der Waals surface area (Å²) >= 11 is 6.05. The van der Waals surface area contributed by atoms with Crippen molar-refractivity contribution < 1.29 is 18.7 Å². The molecule has 0 aliphatic heterocycles. The second-order valence-corrected chi connectivity index (χ2v) is 5.86. The average molecular weight is 360 g/mol. The summed E-state index contributed by atoms with van der Waals surface area (Å²) < 4.78 is 16.5. The van der Waals surface area contributed by atoms with Crippen LogP contribution in [0.4, 0.5) is 5.69 Å². The van der Waals surface area contributed by atoms with Crippen molar-refractivity contribution in [3.63, 3.8) is 0 Å². The van der Waals surface area contributed by atoms with E-state index in [2.05, 4.69) is 5.32 Å². The molecule has 0 atom stereocenters. The van der Waals surface area contributed by atoms with Crippen LogP contribution in [-0.2, 0) is 0 Å². The van der Waals surface area contributed by atoms with Gasteiger partial charge in [-0.25, -0.2) is 0 Å². The van der Waals surface area contributed by atoms with Gasteiger partial charge in [-0.3, -0.25) is 4.79 Å². The van der Waals surface area contributed by atoms with Gasteiger partial charge in [-0.2, -0.15) is 0 Å². The molecule has 2 aromatic carbocycles. The Morgan fingerprint density at radius 3 is 2.76 bits per heavy atom. The smallest absolute Gasteiger partial charge is 0.259 e. The number of methoxy groups -OCH3 is 1. The summed E-state index contributed by atoms with van der Waals surface area (Å²) in [6, 6.07) is 10.4. The minimum absolute atomic E-state index is 0.298. The first-order valence-corrected chi connectivity index (χ1v) is 8.22. The van der Waals surface area contributed by atoms with Crippen molar-refractivity contribution in [2.45, 2.75) is 13.8 Å². The molecule has 1 heterocycles. The van der Waals surface area contributed by atoms with Gasteiger partial charge in [0.2, 0.25) is 0 Å². The van der Waals surface area contributed by atoms with Crippen LogP contribution in [0.2, 0.25) is 5.02 Å². The van der Waals surface area contributed by atoms with E-state index in [-0.39, 0.29) is 5.91 Å². The van der Waals surface area contributed by atoms with Gasteiger partial charge in [0.25, 0.3) is 5.91 Å². The molecule has 1 amide bonds. The number of anilines is 1. The third-order valence-corrected chi connectivity index (χ3v) is 4.02. The minimum Gasteiger partial charge on any atom is -0.497 e. The van der Waals surface area contributed by atoms with Gasteiger partial charge >= 0.3 is 0 Å². The van der Waals surface area contributed by atoms with Gasteiger partial charge in [0.05, 0.1) is 25.0 Å². The molecule has 0 saturated heterocycles. The van der Waals surface area contributed by atoms with Crippen molar-refractivity contribution in [2.75, 3.05) is 19.0 Å². The Morgan fingerprint density at radius 2 is 2.04 bits per heavy atom. The van der Waals surface area contributed by atoms with Crippen LogP contribution < -0.4 is 14.8 Å². The molecular weight excluding hydrogens is 342 g/mol. The van der Waals surface area contributed by atoms with Crippen molar-refractivity contribution in [1.82, 2.24) is 0 Å². The third kappa shape index (κ3) is 3.42. The van der Waals surface area contributed by atoms with Crippen LogP contribution in [0.5, 0.6) is 11.5 Å². The zero-order valence-electron chi connectivity index (χ0n) is 14.2. The third-order valence-electron chi connectivity index (χ3n) is 3.79. The van der Waals surface area contributed by atoms with E-state index in [4.69, 9.17) is 25.5 Å². The summed E-state index contributed by atoms with van der Waals surface area (Å²) in [5.41, 5.74) is 1.59. The number of carbonyl (C=O) groups excluding carboxylic acids is 1. The summed E-state index contributed by atoms with van der Waals surface area (Å²) in [5, 5.41) is 4.06. The molecule has 0 aliphatic rings. The summed E-state index contributed by atoms with van der Waals surface area (Å²) in [6.07, 6.45) is 0. The minimum atomic E-state index is -0.298. The van der Waals surface area contributed by atoms with Crippen molar-refractivity contribution in [3.05, 3.63) is 52.7 Å². The SMILES string of the molecule is CCOc1ccc(Cl)cc1NC(=O)c1c(C)oc2ccc(OC)cc12. The maximum absolute atomic E-state index is 12.9. The standard InChI is InChI=1S/C19H18ClNO4/c1-4-24-17-7-5-12(20)9-15(17)21-19(22)18-11(2)25-16-8-6-13(23-3)10-14(16)18/h5-10H,4H2,1-3H3,(H,21,22). The van der Waals surface area contributed by atoms with Crippen molar-refractivity contribution >= 4 is 34.2 Å². The second-order valence-electron chi connectivity index (χ2n) is 5.42. The number of hydrogen-bond donors (Lipinski definition) is 1. The predicted molar refractivity (Wildman–Crippen MR) is 98.1 cm³/mol. The van der Waals surface area contributed by atoms with Crippen molar-refractivity contribution in [1.29, 1.82) is 0 Å². The largest absolute Gasteiger partial charge is 0.497 e. The summed E-state index contributed by atoms with van der Waals surface area (Å²) in [5.74, 6) is 1.44. The Morgan fingerprint density at radius 1 is 1.24 bits per heavy atom. The van der Waals surface area contributed by atoms with Crippen LogP contribution in [0.3, 0.4) is 0 Å². The summed E-state index contributed by atoms with van der Waals surface area (Å²) in [7, 11) is 1.58. The van der Waals surface area contributed by atoms with Gasteiger partial charge in [-0.1, -0.05) is 11.6 Å². The number of aryl methyl sites for hydroxylation is 1. The van der Waals surface area contributed by atoms with E-state index in [1.165, 1.54) is 0 Å². The normalized spacial score (nSPS) is 10.7. The number of carbonyl (C=O) groups is 1. The number of rotatable bonds is 5. The molecule has 0 bridgehead atoms. The number of hydrogen-bond acceptors (Lipinski definition) is 4. The van der Waals surface area contributed by atoms with Gasteiger partial charge in [-0.05, 0) is 50.2 Å². The lowest BCUT2D eigenvalue weighted by molar-refractivity contribution is 0.102. The Labute approximate surface area is 150 Å². The van der Waals surface area contributed by atoms with Crippen LogP contribution in [0.25, 0.3) is 11.0 Å². The number of furan rings is 1. The van der Waals surface area contributed by atoms with Gasteiger partial charge in [0.1, 0.15) is 22.8 Å². The van der Waals surface area contributed by atoms with E-state index < -0.39 is 0 Å². The maximum atomic E-state index is 12.9. The molecule has 1 aromatic heterocycles. The molecule has 0 radical (unpaired) electrons. The molecular formula is C19H18ClNO4. The average Bonchev–Trinajstić information content (AvgIpc) is 2.92. The zero-order chi connectivity index (χ0) is 18.0. The summed E-state index contributed by atoms with van der Waals surface area (Å²) in [4.78, 5) is 12.9. The van der Waals surface area contributed by atoms with Gasteiger partial charge < -0.3 is 19.2 Å². The highest BCUT2D eigenvalue weighted by Gasteiger charge is 2.20. The molecule has 5 nitrogen and oxygen atoms in total. The predicted octanol–water partition coefficient (Wildman–Crippen LogP) is 5.05. The zero-order valence-corrected chi connectivity index (χ0v) is 14.9. The first kappa shape index (κ1) is 17.2. The first-order chi connectivity index (χ1) is 12.0. The van der Waals surface area contributed by atoms with E-state index in [1.807, 2.05) is 6.92 Å². The molecule has 25 heavy (non-hydrogen) atoms. The molecule has 0 unspecified atom stereocenters. The fourth-order valence-corrected chi connectivity index (χ4v) is 2.85. The van der Waals surface area contributed by atoms with Crippen LogP contribution >= 0.6 is 11.6 Å². The molecule has 6 heteroatoms. The fourth-order valence-electron chi connectivity index (χ4n) is 2.67. The van der Waals surface area contributed by atoms with E-state index in [0.717, 1.165) is 0 Å². The van der Waals surface area contributed by atoms with Crippen LogP contribution in [-0.4, -0.2) is 19.6 Å². The van der Waals surface area contributed by atoms with Crippen LogP contribution in [0.1, 0.15) is 23.0 Å². The van der Waals surface area contributed by atoms with Gasteiger partial charge in [-0.15, -0.1) is 0 Å². The van der Waals surface area contributed by atoms with Crippen LogP contribution in [0.15, 0.2) is 40.8 Å². The molecule has 0 saturated carbocycles. The fraction of sp³-hybridized carbons (Fsp3) is 0.211. The highest BCUT2D eigenvalue weighted by Crippen LogP contribution is 2.32.